The molecule has 2 aromatic rings. The van der Waals surface area contributed by atoms with Gasteiger partial charge in [0.1, 0.15) is 0 Å². The molecule has 2 aromatic heterocycles. The normalized spacial score (nSPS) is 16.1. The van der Waals surface area contributed by atoms with Crippen LogP contribution in [-0.4, -0.2) is 23.1 Å². The SMILES string of the molecule is CNCc1ccc(-c2sc3c(c2C(=O)O)CC(C)(C)CC3)cn1. The number of pyridine rings is 1. The van der Waals surface area contributed by atoms with E-state index in [0.29, 0.717) is 12.1 Å². The van der Waals surface area contributed by atoms with Gasteiger partial charge in [-0.3, -0.25) is 4.98 Å². The molecule has 0 unspecified atom stereocenters. The molecule has 0 saturated carbocycles. The van der Waals surface area contributed by atoms with Gasteiger partial charge in [0.2, 0.25) is 0 Å². The van der Waals surface area contributed by atoms with E-state index in [9.17, 15) is 9.90 Å². The average Bonchev–Trinajstić information content (AvgIpc) is 2.85. The molecule has 0 atom stereocenters. The fraction of sp³-hybridized carbons (Fsp3) is 0.444. The number of rotatable bonds is 4. The van der Waals surface area contributed by atoms with E-state index in [0.717, 1.165) is 41.0 Å². The van der Waals surface area contributed by atoms with Crippen molar-refractivity contribution < 1.29 is 9.90 Å². The van der Waals surface area contributed by atoms with Crippen LogP contribution in [0, 0.1) is 5.41 Å². The minimum absolute atomic E-state index is 0.171. The summed E-state index contributed by atoms with van der Waals surface area (Å²) in [4.78, 5) is 18.4. The van der Waals surface area contributed by atoms with Gasteiger partial charge in [-0.15, -0.1) is 11.3 Å². The lowest BCUT2D eigenvalue weighted by Crippen LogP contribution is -2.22. The van der Waals surface area contributed by atoms with Crippen molar-refractivity contribution in [2.24, 2.45) is 5.41 Å². The first-order chi connectivity index (χ1) is 10.9. The van der Waals surface area contributed by atoms with Gasteiger partial charge in [-0.1, -0.05) is 19.9 Å². The molecular formula is C18H22N2O2S. The molecule has 0 amide bonds. The van der Waals surface area contributed by atoms with Crippen LogP contribution in [0.3, 0.4) is 0 Å². The summed E-state index contributed by atoms with van der Waals surface area (Å²) in [5.41, 5.74) is 3.55. The summed E-state index contributed by atoms with van der Waals surface area (Å²) in [5, 5.41) is 12.8. The molecule has 3 rings (SSSR count). The van der Waals surface area contributed by atoms with Crippen LogP contribution >= 0.6 is 11.3 Å². The number of carbonyl (C=O) groups is 1. The van der Waals surface area contributed by atoms with Gasteiger partial charge in [0.05, 0.1) is 16.1 Å². The Balaban J connectivity index is 2.06. The largest absolute Gasteiger partial charge is 0.478 e. The standard InChI is InChI=1S/C18H22N2O2S/c1-18(2)7-6-14-13(8-18)15(17(21)22)16(23-14)11-4-5-12(10-19-3)20-9-11/h4-5,9,19H,6-8,10H2,1-3H3,(H,21,22). The summed E-state index contributed by atoms with van der Waals surface area (Å²) in [6.07, 6.45) is 4.71. The maximum absolute atomic E-state index is 11.9. The average molecular weight is 330 g/mol. The lowest BCUT2D eigenvalue weighted by molar-refractivity contribution is 0.0696. The highest BCUT2D eigenvalue weighted by Gasteiger charge is 2.32. The van der Waals surface area contributed by atoms with E-state index >= 15 is 0 Å². The molecule has 0 spiro atoms. The molecule has 0 bridgehead atoms. The number of aromatic carboxylic acids is 1. The Labute approximate surface area is 140 Å². The summed E-state index contributed by atoms with van der Waals surface area (Å²) >= 11 is 1.63. The number of thiophene rings is 1. The van der Waals surface area contributed by atoms with Gasteiger partial charge in [-0.25, -0.2) is 4.79 Å². The van der Waals surface area contributed by atoms with Crippen LogP contribution in [0.5, 0.6) is 0 Å². The van der Waals surface area contributed by atoms with E-state index in [1.165, 1.54) is 4.88 Å². The van der Waals surface area contributed by atoms with Crippen molar-refractivity contribution in [2.45, 2.75) is 39.7 Å². The molecule has 2 heterocycles. The fourth-order valence-corrected chi connectivity index (χ4v) is 4.49. The highest BCUT2D eigenvalue weighted by atomic mass is 32.1. The Morgan fingerprint density at radius 2 is 2.22 bits per heavy atom. The molecule has 2 N–H and O–H groups in total. The van der Waals surface area contributed by atoms with Gasteiger partial charge in [0.15, 0.2) is 0 Å². The monoisotopic (exact) mass is 330 g/mol. The third-order valence-electron chi connectivity index (χ3n) is 4.43. The van der Waals surface area contributed by atoms with Crippen molar-refractivity contribution in [1.82, 2.24) is 10.3 Å². The van der Waals surface area contributed by atoms with Crippen molar-refractivity contribution >= 4 is 17.3 Å². The molecule has 0 saturated heterocycles. The second-order valence-electron chi connectivity index (χ2n) is 6.92. The fourth-order valence-electron chi connectivity index (χ4n) is 3.19. The number of aromatic nitrogens is 1. The number of hydrogen-bond acceptors (Lipinski definition) is 4. The first-order valence-electron chi connectivity index (χ1n) is 7.89. The van der Waals surface area contributed by atoms with Gasteiger partial charge in [-0.05, 0) is 43.4 Å². The highest BCUT2D eigenvalue weighted by Crippen LogP contribution is 2.44. The minimum Gasteiger partial charge on any atom is -0.478 e. The molecule has 1 aliphatic rings. The number of carboxylic acid groups (broad SMARTS) is 1. The summed E-state index contributed by atoms with van der Waals surface area (Å²) in [6, 6.07) is 3.94. The van der Waals surface area contributed by atoms with Crippen LogP contribution in [0.2, 0.25) is 0 Å². The Kier molecular flexibility index (Phi) is 4.25. The van der Waals surface area contributed by atoms with Crippen LogP contribution in [0.25, 0.3) is 10.4 Å². The maximum atomic E-state index is 11.9. The van der Waals surface area contributed by atoms with Crippen LogP contribution in [-0.2, 0) is 19.4 Å². The van der Waals surface area contributed by atoms with Crippen LogP contribution in [0.15, 0.2) is 18.3 Å². The summed E-state index contributed by atoms with van der Waals surface area (Å²) < 4.78 is 0. The first kappa shape index (κ1) is 16.1. The maximum Gasteiger partial charge on any atom is 0.337 e. The second-order valence-corrected chi connectivity index (χ2v) is 8.03. The van der Waals surface area contributed by atoms with E-state index in [1.807, 2.05) is 19.2 Å². The molecule has 0 aromatic carbocycles. The molecule has 0 radical (unpaired) electrons. The van der Waals surface area contributed by atoms with Gasteiger partial charge in [0.25, 0.3) is 0 Å². The first-order valence-corrected chi connectivity index (χ1v) is 8.70. The molecule has 0 fully saturated rings. The number of fused-ring (bicyclic) bond motifs is 1. The molecule has 1 aliphatic carbocycles. The van der Waals surface area contributed by atoms with Crippen molar-refractivity contribution in [3.63, 3.8) is 0 Å². The zero-order valence-corrected chi connectivity index (χ0v) is 14.6. The van der Waals surface area contributed by atoms with E-state index in [-0.39, 0.29) is 5.41 Å². The second kappa shape index (κ2) is 6.06. The zero-order valence-electron chi connectivity index (χ0n) is 13.8. The minimum atomic E-state index is -0.825. The highest BCUT2D eigenvalue weighted by molar-refractivity contribution is 7.16. The summed E-state index contributed by atoms with van der Waals surface area (Å²) in [7, 11) is 1.88. The van der Waals surface area contributed by atoms with Crippen molar-refractivity contribution in [1.29, 1.82) is 0 Å². The predicted molar refractivity (Wildman–Crippen MR) is 93.1 cm³/mol. The van der Waals surface area contributed by atoms with Gasteiger partial charge in [0, 0.05) is 23.2 Å². The van der Waals surface area contributed by atoms with Gasteiger partial charge >= 0.3 is 5.97 Å². The van der Waals surface area contributed by atoms with E-state index in [4.69, 9.17) is 0 Å². The number of carboxylic acids is 1. The van der Waals surface area contributed by atoms with E-state index in [2.05, 4.69) is 24.1 Å². The number of nitrogens with zero attached hydrogens (tertiary/aromatic N) is 1. The van der Waals surface area contributed by atoms with E-state index < -0.39 is 5.97 Å². The Hall–Kier alpha value is -1.72. The molecule has 23 heavy (non-hydrogen) atoms. The topological polar surface area (TPSA) is 62.2 Å². The summed E-state index contributed by atoms with van der Waals surface area (Å²) in [6.45, 7) is 5.14. The smallest absolute Gasteiger partial charge is 0.337 e. The number of aryl methyl sites for hydroxylation is 1. The predicted octanol–water partition coefficient (Wildman–Crippen LogP) is 3.74. The Morgan fingerprint density at radius 3 is 2.83 bits per heavy atom. The Bertz CT molecular complexity index is 732. The summed E-state index contributed by atoms with van der Waals surface area (Å²) in [5.74, 6) is -0.825. The van der Waals surface area contributed by atoms with Crippen LogP contribution in [0.1, 0.15) is 46.8 Å². The third kappa shape index (κ3) is 3.16. The molecule has 5 heteroatoms. The third-order valence-corrected chi connectivity index (χ3v) is 5.77. The van der Waals surface area contributed by atoms with Crippen molar-refractivity contribution in [2.75, 3.05) is 7.05 Å². The molecular weight excluding hydrogens is 308 g/mol. The molecule has 122 valence electrons. The molecule has 0 aliphatic heterocycles. The lowest BCUT2D eigenvalue weighted by Gasteiger charge is -2.29. The Morgan fingerprint density at radius 1 is 1.43 bits per heavy atom. The molecule has 4 nitrogen and oxygen atoms in total. The van der Waals surface area contributed by atoms with Crippen LogP contribution < -0.4 is 5.32 Å². The van der Waals surface area contributed by atoms with Gasteiger partial charge < -0.3 is 10.4 Å². The number of hydrogen-bond donors (Lipinski definition) is 2. The zero-order chi connectivity index (χ0) is 16.6. The van der Waals surface area contributed by atoms with Crippen molar-refractivity contribution in [3.05, 3.63) is 40.0 Å². The van der Waals surface area contributed by atoms with Crippen LogP contribution in [0.4, 0.5) is 0 Å². The van der Waals surface area contributed by atoms with Gasteiger partial charge in [-0.2, -0.15) is 0 Å². The van der Waals surface area contributed by atoms with Crippen molar-refractivity contribution in [3.8, 4) is 10.4 Å². The number of nitrogens with one attached hydrogen (secondary N) is 1. The lowest BCUT2D eigenvalue weighted by atomic mass is 9.76. The quantitative estimate of drug-likeness (QED) is 0.896. The van der Waals surface area contributed by atoms with E-state index in [1.54, 1.807) is 17.5 Å².